The van der Waals surface area contributed by atoms with E-state index in [4.69, 9.17) is 42.1 Å². The lowest BCUT2D eigenvalue weighted by molar-refractivity contribution is -0.186. The van der Waals surface area contributed by atoms with Gasteiger partial charge in [0.25, 0.3) is 15.9 Å². The maximum absolute atomic E-state index is 12.3. The molecule has 272 valence electrons. The number of nitrogens with one attached hydrogen (secondary N) is 3. The molecule has 17 heteroatoms. The minimum atomic E-state index is -4.07. The van der Waals surface area contributed by atoms with Crippen molar-refractivity contribution in [1.29, 1.82) is 0 Å². The Kier molecular flexibility index (Phi) is 12.4. The van der Waals surface area contributed by atoms with Crippen LogP contribution in [-0.2, 0) is 31.8 Å². The summed E-state index contributed by atoms with van der Waals surface area (Å²) < 4.78 is 51.3. The minimum absolute atomic E-state index is 0.0606. The van der Waals surface area contributed by atoms with Crippen molar-refractivity contribution in [2.45, 2.75) is 30.3 Å². The maximum atomic E-state index is 12.3. The third-order valence-electron chi connectivity index (χ3n) is 7.41. The van der Waals surface area contributed by atoms with Gasteiger partial charge in [-0.3, -0.25) is 4.79 Å². The molecule has 4 aromatic carbocycles. The molecule has 1 saturated heterocycles. The Labute approximate surface area is 310 Å². The van der Waals surface area contributed by atoms with Crippen LogP contribution in [0.3, 0.4) is 0 Å². The predicted molar refractivity (Wildman–Crippen MR) is 193 cm³/mol. The van der Waals surface area contributed by atoms with E-state index in [1.807, 2.05) is 23.8 Å². The van der Waals surface area contributed by atoms with Crippen molar-refractivity contribution in [3.8, 4) is 17.2 Å². The van der Waals surface area contributed by atoms with Gasteiger partial charge in [0.05, 0.1) is 35.3 Å². The highest BCUT2D eigenvalue weighted by Crippen LogP contribution is 2.41. The molecule has 0 spiro atoms. The van der Waals surface area contributed by atoms with Crippen molar-refractivity contribution >= 4 is 50.9 Å². The molecule has 0 saturated carbocycles. The molecule has 0 aliphatic carbocycles. The summed E-state index contributed by atoms with van der Waals surface area (Å²) in [5.41, 5.74) is 1.23. The number of nitrogens with zero attached hydrogens (tertiary/aromatic N) is 3. The third-order valence-corrected chi connectivity index (χ3v) is 9.32. The van der Waals surface area contributed by atoms with Crippen molar-refractivity contribution in [3.63, 3.8) is 0 Å². The monoisotopic (exact) mass is 768 g/mol. The number of hydrogen-bond donors (Lipinski definition) is 3. The van der Waals surface area contributed by atoms with Gasteiger partial charge in [0.1, 0.15) is 36.4 Å². The first kappa shape index (κ1) is 38.1. The fourth-order valence-corrected chi connectivity index (χ4v) is 6.37. The van der Waals surface area contributed by atoms with Gasteiger partial charge < -0.3 is 29.6 Å². The summed E-state index contributed by atoms with van der Waals surface area (Å²) in [7, 11) is -1.22. The molecule has 6 rings (SSSR count). The summed E-state index contributed by atoms with van der Waals surface area (Å²) in [6.45, 7) is 2.76. The van der Waals surface area contributed by atoms with E-state index in [0.717, 1.165) is 0 Å². The number of sulfonamides is 1. The number of anilines is 1. The van der Waals surface area contributed by atoms with E-state index in [-0.39, 0.29) is 22.3 Å². The van der Waals surface area contributed by atoms with Crippen LogP contribution in [0.1, 0.15) is 22.8 Å². The Morgan fingerprint density at radius 2 is 1.71 bits per heavy atom. The lowest BCUT2D eigenvalue weighted by Crippen LogP contribution is -2.34. The highest BCUT2D eigenvalue weighted by molar-refractivity contribution is 7.90. The number of methoxy groups -OCH3 is 1. The highest BCUT2D eigenvalue weighted by Gasteiger charge is 2.44. The maximum Gasteiger partial charge on any atom is 0.318 e. The van der Waals surface area contributed by atoms with Gasteiger partial charge in [-0.2, -0.15) is 5.10 Å². The molecule has 0 bridgehead atoms. The van der Waals surface area contributed by atoms with Crippen molar-refractivity contribution in [2.75, 3.05) is 26.1 Å². The minimum Gasteiger partial charge on any atom is -0.496 e. The van der Waals surface area contributed by atoms with Crippen LogP contribution in [0.2, 0.25) is 10.0 Å². The number of carbonyl (C=O) groups is 2. The fourth-order valence-electron chi connectivity index (χ4n) is 4.97. The predicted octanol–water partition coefficient (Wildman–Crippen LogP) is 6.23. The lowest BCUT2D eigenvalue weighted by atomic mass is 10.1. The number of hydrogen-bond acceptors (Lipinski definition) is 10. The topological polar surface area (TPSA) is 172 Å². The molecule has 2 unspecified atom stereocenters. The molecule has 2 heterocycles. The van der Waals surface area contributed by atoms with E-state index in [2.05, 4.69) is 20.7 Å². The second-order valence-corrected chi connectivity index (χ2v) is 13.7. The molecule has 3 N–H and O–H groups in total. The molecule has 1 aliphatic rings. The van der Waals surface area contributed by atoms with E-state index in [9.17, 15) is 18.0 Å². The first-order valence-electron chi connectivity index (χ1n) is 15.6. The van der Waals surface area contributed by atoms with E-state index in [1.165, 1.54) is 50.8 Å². The van der Waals surface area contributed by atoms with Gasteiger partial charge in [-0.25, -0.2) is 27.6 Å². The first-order chi connectivity index (χ1) is 24.9. The molecule has 14 nitrogen and oxygen atoms in total. The van der Waals surface area contributed by atoms with Gasteiger partial charge in [0.15, 0.2) is 0 Å². The SMILES string of the molecule is CC1COC(Cn2cncn2)(c2ccc(Oc3ccc(Cl)cc3)cc2Cl)O1.CNC(=O)Nc1ccc(S(=O)(=O)NC(=O)c2ccccc2OC)cc1. The lowest BCUT2D eigenvalue weighted by Gasteiger charge is -2.29. The molecular weight excluding hydrogens is 735 g/mol. The summed E-state index contributed by atoms with van der Waals surface area (Å²) in [5.74, 6) is -0.288. The van der Waals surface area contributed by atoms with E-state index < -0.39 is 27.7 Å². The molecule has 1 aromatic heterocycles. The van der Waals surface area contributed by atoms with Gasteiger partial charge >= 0.3 is 6.03 Å². The van der Waals surface area contributed by atoms with Crippen LogP contribution in [0.5, 0.6) is 17.2 Å². The third kappa shape index (κ3) is 9.57. The Bertz CT molecular complexity index is 2100. The summed E-state index contributed by atoms with van der Waals surface area (Å²) in [6.07, 6.45) is 3.02. The second kappa shape index (κ2) is 16.9. The summed E-state index contributed by atoms with van der Waals surface area (Å²) in [6, 6.07) is 23.8. The molecular formula is C35H34Cl2N6O8S. The Morgan fingerprint density at radius 3 is 2.33 bits per heavy atom. The summed E-state index contributed by atoms with van der Waals surface area (Å²) >= 11 is 12.5. The van der Waals surface area contributed by atoms with Crippen LogP contribution < -0.4 is 24.8 Å². The zero-order chi connectivity index (χ0) is 37.3. The van der Waals surface area contributed by atoms with Gasteiger partial charge in [-0.1, -0.05) is 35.3 Å². The fraction of sp³-hybridized carbons (Fsp3) is 0.200. The number of benzene rings is 4. The first-order valence-corrected chi connectivity index (χ1v) is 17.8. The Balaban J connectivity index is 0.000000202. The van der Waals surface area contributed by atoms with E-state index >= 15 is 0 Å². The van der Waals surface area contributed by atoms with Gasteiger partial charge in [-0.05, 0) is 85.8 Å². The van der Waals surface area contributed by atoms with Crippen molar-refractivity contribution in [3.05, 3.63) is 125 Å². The number of halogens is 2. The van der Waals surface area contributed by atoms with Crippen LogP contribution in [0.4, 0.5) is 10.5 Å². The summed E-state index contributed by atoms with van der Waals surface area (Å²) in [5, 5.41) is 10.2. The number of carbonyl (C=O) groups excluding carboxylic acids is 2. The van der Waals surface area contributed by atoms with Crippen LogP contribution in [-0.4, -0.2) is 62.0 Å². The quantitative estimate of drug-likeness (QED) is 0.148. The number of ether oxygens (including phenoxy) is 4. The normalized spacial score (nSPS) is 16.6. The molecule has 5 aromatic rings. The highest BCUT2D eigenvalue weighted by atomic mass is 35.5. The number of amides is 3. The number of para-hydroxylation sites is 1. The zero-order valence-corrected chi connectivity index (χ0v) is 30.4. The molecule has 1 aliphatic heterocycles. The smallest absolute Gasteiger partial charge is 0.318 e. The summed E-state index contributed by atoms with van der Waals surface area (Å²) in [4.78, 5) is 27.3. The zero-order valence-electron chi connectivity index (χ0n) is 28.1. The number of urea groups is 1. The van der Waals surface area contributed by atoms with Crippen LogP contribution in [0, 0.1) is 0 Å². The molecule has 52 heavy (non-hydrogen) atoms. The largest absolute Gasteiger partial charge is 0.496 e. The second-order valence-electron chi connectivity index (χ2n) is 11.1. The number of aromatic nitrogens is 3. The van der Waals surface area contributed by atoms with Crippen LogP contribution in [0.15, 0.2) is 109 Å². The van der Waals surface area contributed by atoms with E-state index in [1.54, 1.807) is 59.5 Å². The van der Waals surface area contributed by atoms with Crippen LogP contribution in [0.25, 0.3) is 0 Å². The molecule has 2 atom stereocenters. The van der Waals surface area contributed by atoms with Crippen molar-refractivity contribution in [1.82, 2.24) is 24.8 Å². The average molecular weight is 770 g/mol. The van der Waals surface area contributed by atoms with Gasteiger partial charge in [0, 0.05) is 23.3 Å². The Hall–Kier alpha value is -5.19. The molecule has 1 fully saturated rings. The standard InChI is InChI=1S/C19H17Cl2N3O3.C16H17N3O5S/c1-13-9-25-19(27-13,10-24-12-22-11-23-24)17-7-6-16(8-18(17)21)26-15-4-2-14(20)3-5-15;1-17-16(21)18-11-7-9-12(10-8-11)25(22,23)19-15(20)13-5-3-4-6-14(13)24-2/h2-8,11-13H,9-10H2,1H3;3-10H,1-2H3,(H,19,20)(H2,17,18,21). The Morgan fingerprint density at radius 1 is 1.00 bits per heavy atom. The van der Waals surface area contributed by atoms with Gasteiger partial charge in [-0.15, -0.1) is 0 Å². The number of rotatable bonds is 10. The molecule has 3 amide bonds. The van der Waals surface area contributed by atoms with Crippen molar-refractivity contribution in [2.24, 2.45) is 0 Å². The van der Waals surface area contributed by atoms with Crippen LogP contribution >= 0.6 is 23.2 Å². The molecule has 0 radical (unpaired) electrons. The van der Waals surface area contributed by atoms with Crippen molar-refractivity contribution < 1.29 is 37.0 Å². The van der Waals surface area contributed by atoms with E-state index in [0.29, 0.717) is 45.9 Å². The van der Waals surface area contributed by atoms with Gasteiger partial charge in [0.2, 0.25) is 5.79 Å². The average Bonchev–Trinajstić information content (AvgIpc) is 3.79.